The number of nitrogens with one attached hydrogen (secondary N) is 2. The van der Waals surface area contributed by atoms with E-state index in [1.807, 2.05) is 26.0 Å². The molecule has 0 unspecified atom stereocenters. The third kappa shape index (κ3) is 11.0. The lowest BCUT2D eigenvalue weighted by atomic mass is 10.1. The third-order valence-electron chi connectivity index (χ3n) is 11.6. The summed E-state index contributed by atoms with van der Waals surface area (Å²) >= 11 is 0. The van der Waals surface area contributed by atoms with E-state index in [0.29, 0.717) is 109 Å². The summed E-state index contributed by atoms with van der Waals surface area (Å²) in [6.45, 7) is 11.6. The summed E-state index contributed by atoms with van der Waals surface area (Å²) in [6.07, 6.45) is 3.99. The molecule has 1 aliphatic rings. The van der Waals surface area contributed by atoms with Gasteiger partial charge in [-0.25, -0.2) is 9.97 Å². The first-order valence-electron chi connectivity index (χ1n) is 22.5. The summed E-state index contributed by atoms with van der Waals surface area (Å²) in [5.74, 6) is -2.60. The first-order valence-corrected chi connectivity index (χ1v) is 22.5. The van der Waals surface area contributed by atoms with Crippen molar-refractivity contribution in [1.29, 1.82) is 0 Å². The second-order valence-electron chi connectivity index (χ2n) is 16.4. The normalized spacial score (nSPS) is 13.1. The number of ether oxygens (including phenoxy) is 2. The van der Waals surface area contributed by atoms with Crippen LogP contribution in [0.5, 0.6) is 11.5 Å². The van der Waals surface area contributed by atoms with Crippen molar-refractivity contribution in [2.45, 2.75) is 73.1 Å². The number of nitrogens with two attached hydrogens (primary N) is 2. The Morgan fingerprint density at radius 1 is 0.710 bits per heavy atom. The van der Waals surface area contributed by atoms with Gasteiger partial charge in [-0.05, 0) is 70.5 Å². The van der Waals surface area contributed by atoms with Crippen LogP contribution in [0.25, 0.3) is 22.1 Å². The fourth-order valence-corrected chi connectivity index (χ4v) is 8.25. The zero-order chi connectivity index (χ0) is 49.5. The minimum atomic E-state index is -1.01. The molecule has 0 aliphatic carbocycles. The van der Waals surface area contributed by atoms with Crippen LogP contribution in [0.15, 0.2) is 48.6 Å². The van der Waals surface area contributed by atoms with Gasteiger partial charge >= 0.3 is 5.97 Å². The number of benzene rings is 2. The number of carbonyl (C=O) groups is 6. The Morgan fingerprint density at radius 2 is 1.20 bits per heavy atom. The molecular formula is C46H56N14O9. The Kier molecular flexibility index (Phi) is 15.0. The van der Waals surface area contributed by atoms with Crippen LogP contribution in [-0.4, -0.2) is 136 Å². The Bertz CT molecular complexity index is 2970. The van der Waals surface area contributed by atoms with Gasteiger partial charge in [0.05, 0.1) is 42.6 Å². The Morgan fingerprint density at radius 3 is 1.67 bits per heavy atom. The van der Waals surface area contributed by atoms with Crippen molar-refractivity contribution < 1.29 is 43.3 Å². The molecule has 23 heteroatoms. The van der Waals surface area contributed by atoms with Gasteiger partial charge in [-0.1, -0.05) is 12.2 Å². The van der Waals surface area contributed by atoms with Crippen LogP contribution in [0.4, 0.5) is 11.9 Å². The lowest BCUT2D eigenvalue weighted by Gasteiger charge is -2.34. The summed E-state index contributed by atoms with van der Waals surface area (Å²) in [5.41, 5.74) is 15.3. The van der Waals surface area contributed by atoms with Gasteiger partial charge in [0.1, 0.15) is 33.9 Å². The number of primary amides is 2. The average molecular weight is 949 g/mol. The highest BCUT2D eigenvalue weighted by atomic mass is 16.5. The zero-order valence-corrected chi connectivity index (χ0v) is 39.2. The number of rotatable bonds is 21. The summed E-state index contributed by atoms with van der Waals surface area (Å²) in [4.78, 5) is 89.3. The molecule has 0 radical (unpaired) electrons. The molecular weight excluding hydrogens is 893 g/mol. The first kappa shape index (κ1) is 48.8. The van der Waals surface area contributed by atoms with E-state index in [0.717, 1.165) is 0 Å². The molecule has 1 saturated heterocycles. The van der Waals surface area contributed by atoms with E-state index in [9.17, 15) is 28.8 Å². The van der Waals surface area contributed by atoms with Crippen LogP contribution in [-0.2, 0) is 35.8 Å². The monoisotopic (exact) mass is 948 g/mol. The van der Waals surface area contributed by atoms with Gasteiger partial charge in [0.15, 0.2) is 0 Å². The maximum atomic E-state index is 13.9. The van der Waals surface area contributed by atoms with Crippen molar-refractivity contribution in [2.75, 3.05) is 57.1 Å². The molecule has 5 heterocycles. The van der Waals surface area contributed by atoms with E-state index < -0.39 is 29.6 Å². The summed E-state index contributed by atoms with van der Waals surface area (Å²) < 4.78 is 18.7. The minimum Gasteiger partial charge on any atom is -0.494 e. The highest BCUT2D eigenvalue weighted by molar-refractivity contribution is 6.05. The van der Waals surface area contributed by atoms with Gasteiger partial charge in [-0.15, -0.1) is 0 Å². The number of amides is 5. The van der Waals surface area contributed by atoms with Crippen LogP contribution in [0.2, 0.25) is 0 Å². The molecule has 1 aliphatic heterocycles. The average Bonchev–Trinajstić information content (AvgIpc) is 4.10. The third-order valence-corrected chi connectivity index (χ3v) is 11.6. The van der Waals surface area contributed by atoms with Crippen molar-refractivity contribution in [1.82, 2.24) is 48.5 Å². The number of fused-ring (bicyclic) bond motifs is 2. The molecule has 23 nitrogen and oxygen atoms in total. The predicted molar refractivity (Wildman–Crippen MR) is 253 cm³/mol. The maximum absolute atomic E-state index is 13.9. The quantitative estimate of drug-likeness (QED) is 0.0512. The summed E-state index contributed by atoms with van der Waals surface area (Å²) in [6, 6.07) is 9.44. The van der Waals surface area contributed by atoms with Crippen molar-refractivity contribution in [3.05, 3.63) is 82.5 Å². The highest BCUT2D eigenvalue weighted by Gasteiger charge is 2.25. The van der Waals surface area contributed by atoms with Gasteiger partial charge in [0.2, 0.25) is 29.6 Å². The second-order valence-corrected chi connectivity index (χ2v) is 16.4. The molecule has 364 valence electrons. The molecule has 4 aromatic heterocycles. The Balaban J connectivity index is 1.19. The first-order chi connectivity index (χ1) is 33.1. The molecule has 2 aromatic carbocycles. The number of carbonyl (C=O) groups excluding carboxylic acids is 5. The number of allylic oxidation sites excluding steroid dienone is 2. The number of nitrogens with zero attached hydrogens (tertiary/aromatic N) is 10. The van der Waals surface area contributed by atoms with Crippen molar-refractivity contribution in [3.63, 3.8) is 0 Å². The number of methoxy groups -OCH3 is 1. The number of carboxylic acids is 1. The van der Waals surface area contributed by atoms with E-state index in [2.05, 4.69) is 25.7 Å². The van der Waals surface area contributed by atoms with Gasteiger partial charge in [0.25, 0.3) is 11.8 Å². The molecule has 0 saturated carbocycles. The van der Waals surface area contributed by atoms with Crippen molar-refractivity contribution >= 4 is 69.5 Å². The number of hydrogen-bond acceptors (Lipinski definition) is 13. The number of aromatic nitrogens is 8. The Labute approximate surface area is 396 Å². The van der Waals surface area contributed by atoms with Crippen molar-refractivity contribution in [2.24, 2.45) is 11.5 Å². The fourth-order valence-electron chi connectivity index (χ4n) is 8.25. The number of piperazine rings is 1. The van der Waals surface area contributed by atoms with Crippen LogP contribution in [0.3, 0.4) is 0 Å². The van der Waals surface area contributed by atoms with Gasteiger partial charge < -0.3 is 40.1 Å². The number of hydrogen-bond donors (Lipinski definition) is 5. The smallest absolute Gasteiger partial charge is 0.303 e. The molecule has 1 fully saturated rings. The minimum absolute atomic E-state index is 0.0336. The topological polar surface area (TPSA) is 295 Å². The van der Waals surface area contributed by atoms with Crippen LogP contribution in [0, 0.1) is 13.8 Å². The molecule has 5 amide bonds. The number of aryl methyl sites for hydroxylation is 4. The van der Waals surface area contributed by atoms with Gasteiger partial charge in [-0.3, -0.25) is 53.7 Å². The number of anilines is 2. The second kappa shape index (κ2) is 21.3. The number of carboxylic acid groups (broad SMARTS) is 1. The molecule has 0 atom stereocenters. The van der Waals surface area contributed by atoms with E-state index >= 15 is 0 Å². The van der Waals surface area contributed by atoms with E-state index in [-0.39, 0.29) is 61.5 Å². The lowest BCUT2D eigenvalue weighted by molar-refractivity contribution is -0.141. The van der Waals surface area contributed by atoms with Gasteiger partial charge in [0, 0.05) is 76.5 Å². The maximum Gasteiger partial charge on any atom is 0.303 e. The van der Waals surface area contributed by atoms with Crippen molar-refractivity contribution in [3.8, 4) is 11.5 Å². The Hall–Kier alpha value is -8.08. The van der Waals surface area contributed by atoms with Crippen LogP contribution >= 0.6 is 0 Å². The lowest BCUT2D eigenvalue weighted by Crippen LogP contribution is -2.49. The zero-order valence-electron chi connectivity index (χ0n) is 39.2. The van der Waals surface area contributed by atoms with E-state index in [4.69, 9.17) is 36.0 Å². The summed E-state index contributed by atoms with van der Waals surface area (Å²) in [5, 5.41) is 23.6. The molecule has 7 N–H and O–H groups in total. The number of aliphatic carboxylic acids is 1. The van der Waals surface area contributed by atoms with E-state index in [1.54, 1.807) is 55.4 Å². The fraction of sp³-hybridized carbons (Fsp3) is 0.391. The molecule has 69 heavy (non-hydrogen) atoms. The highest BCUT2D eigenvalue weighted by Crippen LogP contribution is 2.33. The molecule has 0 spiro atoms. The van der Waals surface area contributed by atoms with Gasteiger partial charge in [-0.2, -0.15) is 10.2 Å². The van der Waals surface area contributed by atoms with Crippen LogP contribution in [0.1, 0.15) is 86.2 Å². The standard InChI is InChI=1S/C46H56N14O9/c1-6-59-33(21-27(3)53-59)43(66)51-45-49-31-23-29(41(47)64)25-35(68-5)39(31)57(45)14-8-9-15-58-40-32(50-46(58)52-44(67)34-22-28(4)54-60(34)7-2)24-30(42(48)65)26-36(40)69-20-10-13-55-16-18-56(19-17-55)37(61)11-12-38(62)63/h8-9,21-26H,6-7,10-20H2,1-5H3,(H2,47,64)(H2,48,65)(H,62,63)(H,49,51,66)(H,50,52,67)/b9-8+. The largest absolute Gasteiger partial charge is 0.494 e. The SMILES string of the molecule is CCn1nc(C)cc1C(=O)Nc1nc2cc(C(N)=O)cc(OC)c2n1C/C=C/Cn1c(NC(=O)c2cc(C)nn2CC)nc2cc(C(N)=O)cc(OCCCN3CCN(C(=O)CCC(=O)O)CC3)c21. The molecule has 0 bridgehead atoms. The predicted octanol–water partition coefficient (Wildman–Crippen LogP) is 3.18. The van der Waals surface area contributed by atoms with Crippen LogP contribution < -0.4 is 31.6 Å². The molecule has 7 rings (SSSR count). The molecule has 6 aromatic rings. The number of imidazole rings is 2. The van der Waals surface area contributed by atoms with E-state index in [1.165, 1.54) is 25.3 Å². The summed E-state index contributed by atoms with van der Waals surface area (Å²) in [7, 11) is 1.45.